The van der Waals surface area contributed by atoms with E-state index in [1.54, 1.807) is 6.92 Å². The maximum atomic E-state index is 11.4. The molecule has 1 saturated carbocycles. The minimum atomic E-state index is -1.12. The molecule has 114 valence electrons. The van der Waals surface area contributed by atoms with Crippen LogP contribution in [0.5, 0.6) is 11.5 Å². The van der Waals surface area contributed by atoms with Crippen LogP contribution in [0, 0.1) is 12.8 Å². The standard InChI is InChI=1S/C15H19NO5/c1-8-6-11(15(18)19)12(16-9(2)17)14(13(8)20-3)21-7-10-4-5-10/h6,10H,4-5,7H2,1-3H3,(H,16,17)(H,18,19). The number of hydrogen-bond donors (Lipinski definition) is 2. The number of carboxylic acid groups (broad SMARTS) is 1. The quantitative estimate of drug-likeness (QED) is 0.841. The maximum Gasteiger partial charge on any atom is 0.337 e. The highest BCUT2D eigenvalue weighted by atomic mass is 16.5. The van der Waals surface area contributed by atoms with E-state index in [9.17, 15) is 14.7 Å². The molecule has 0 atom stereocenters. The van der Waals surface area contributed by atoms with Crippen LogP contribution < -0.4 is 14.8 Å². The predicted molar refractivity (Wildman–Crippen MR) is 77.2 cm³/mol. The van der Waals surface area contributed by atoms with Gasteiger partial charge >= 0.3 is 5.97 Å². The summed E-state index contributed by atoms with van der Waals surface area (Å²) >= 11 is 0. The summed E-state index contributed by atoms with van der Waals surface area (Å²) in [7, 11) is 1.49. The van der Waals surface area contributed by atoms with Crippen LogP contribution in [-0.2, 0) is 4.79 Å². The third-order valence-corrected chi connectivity index (χ3v) is 3.32. The number of amides is 1. The van der Waals surface area contributed by atoms with Gasteiger partial charge in [-0.2, -0.15) is 0 Å². The first kappa shape index (κ1) is 15.2. The van der Waals surface area contributed by atoms with E-state index in [0.29, 0.717) is 23.8 Å². The molecule has 1 fully saturated rings. The van der Waals surface area contributed by atoms with Gasteiger partial charge in [0.25, 0.3) is 0 Å². The zero-order valence-corrected chi connectivity index (χ0v) is 12.4. The highest BCUT2D eigenvalue weighted by Crippen LogP contribution is 2.42. The van der Waals surface area contributed by atoms with Crippen LogP contribution >= 0.6 is 0 Å². The van der Waals surface area contributed by atoms with Crippen LogP contribution in [0.3, 0.4) is 0 Å². The number of nitrogens with one attached hydrogen (secondary N) is 1. The van der Waals surface area contributed by atoms with Crippen molar-refractivity contribution >= 4 is 17.6 Å². The fourth-order valence-corrected chi connectivity index (χ4v) is 2.12. The van der Waals surface area contributed by atoms with Crippen LogP contribution in [0.15, 0.2) is 6.07 Å². The molecule has 1 aliphatic carbocycles. The molecule has 0 aliphatic heterocycles. The van der Waals surface area contributed by atoms with Crippen molar-refractivity contribution in [2.45, 2.75) is 26.7 Å². The first-order valence-electron chi connectivity index (χ1n) is 6.79. The second-order valence-corrected chi connectivity index (χ2v) is 5.22. The molecular weight excluding hydrogens is 274 g/mol. The Morgan fingerprint density at radius 1 is 1.38 bits per heavy atom. The monoisotopic (exact) mass is 293 g/mol. The first-order chi connectivity index (χ1) is 9.93. The highest BCUT2D eigenvalue weighted by Gasteiger charge is 2.27. The molecule has 2 N–H and O–H groups in total. The lowest BCUT2D eigenvalue weighted by atomic mass is 10.1. The number of carbonyl (C=O) groups is 2. The SMILES string of the molecule is COc1c(C)cc(C(=O)O)c(NC(C)=O)c1OCC1CC1. The molecule has 21 heavy (non-hydrogen) atoms. The Balaban J connectivity index is 2.51. The number of rotatable bonds is 6. The van der Waals surface area contributed by atoms with Gasteiger partial charge in [-0.3, -0.25) is 4.79 Å². The third kappa shape index (κ3) is 3.45. The lowest BCUT2D eigenvalue weighted by molar-refractivity contribution is -0.114. The Morgan fingerprint density at radius 3 is 2.52 bits per heavy atom. The molecule has 1 aliphatic rings. The number of benzene rings is 1. The van der Waals surface area contributed by atoms with Gasteiger partial charge in [-0.1, -0.05) is 0 Å². The van der Waals surface area contributed by atoms with Crippen molar-refractivity contribution in [3.8, 4) is 11.5 Å². The molecule has 0 spiro atoms. The van der Waals surface area contributed by atoms with E-state index in [-0.39, 0.29) is 22.9 Å². The summed E-state index contributed by atoms with van der Waals surface area (Å²) in [4.78, 5) is 22.8. The van der Waals surface area contributed by atoms with Crippen molar-refractivity contribution in [3.05, 3.63) is 17.2 Å². The van der Waals surface area contributed by atoms with Gasteiger partial charge in [-0.05, 0) is 37.3 Å². The van der Waals surface area contributed by atoms with Crippen LogP contribution in [0.25, 0.3) is 0 Å². The van der Waals surface area contributed by atoms with E-state index in [1.807, 2.05) is 0 Å². The predicted octanol–water partition coefficient (Wildman–Crippen LogP) is 2.45. The van der Waals surface area contributed by atoms with Crippen LogP contribution in [0.1, 0.15) is 35.7 Å². The molecular formula is C15H19NO5. The molecule has 2 rings (SSSR count). The molecule has 6 nitrogen and oxygen atoms in total. The lowest BCUT2D eigenvalue weighted by Gasteiger charge is -2.19. The zero-order chi connectivity index (χ0) is 15.6. The molecule has 1 aromatic carbocycles. The number of carboxylic acids is 1. The number of anilines is 1. The molecule has 0 aromatic heterocycles. The van der Waals surface area contributed by atoms with Crippen LogP contribution in [-0.4, -0.2) is 30.7 Å². The summed E-state index contributed by atoms with van der Waals surface area (Å²) in [5.74, 6) is -0.254. The van der Waals surface area contributed by atoms with Crippen molar-refractivity contribution in [2.75, 3.05) is 19.0 Å². The topological polar surface area (TPSA) is 84.9 Å². The molecule has 0 saturated heterocycles. The summed E-state index contributed by atoms with van der Waals surface area (Å²) in [6, 6.07) is 1.47. The van der Waals surface area contributed by atoms with Crippen molar-refractivity contribution in [2.24, 2.45) is 5.92 Å². The number of aromatic carboxylic acids is 1. The van der Waals surface area contributed by atoms with Gasteiger partial charge in [0.05, 0.1) is 19.3 Å². The van der Waals surface area contributed by atoms with Crippen LogP contribution in [0.2, 0.25) is 0 Å². The van der Waals surface area contributed by atoms with Crippen molar-refractivity contribution < 1.29 is 24.2 Å². The van der Waals surface area contributed by atoms with Gasteiger partial charge in [-0.25, -0.2) is 4.79 Å². The van der Waals surface area contributed by atoms with E-state index >= 15 is 0 Å². The van der Waals surface area contributed by atoms with Gasteiger partial charge in [0.2, 0.25) is 5.91 Å². The molecule has 1 aromatic rings. The van der Waals surface area contributed by atoms with E-state index < -0.39 is 5.97 Å². The molecule has 0 heterocycles. The third-order valence-electron chi connectivity index (χ3n) is 3.32. The zero-order valence-electron chi connectivity index (χ0n) is 12.4. The van der Waals surface area contributed by atoms with Gasteiger partial charge in [0.1, 0.15) is 5.69 Å². The summed E-state index contributed by atoms with van der Waals surface area (Å²) in [6.07, 6.45) is 2.21. The summed E-state index contributed by atoms with van der Waals surface area (Å²) in [6.45, 7) is 3.56. The van der Waals surface area contributed by atoms with Crippen molar-refractivity contribution in [1.29, 1.82) is 0 Å². The van der Waals surface area contributed by atoms with Crippen molar-refractivity contribution in [3.63, 3.8) is 0 Å². The van der Waals surface area contributed by atoms with E-state index in [4.69, 9.17) is 9.47 Å². The van der Waals surface area contributed by atoms with Gasteiger partial charge in [-0.15, -0.1) is 0 Å². The lowest BCUT2D eigenvalue weighted by Crippen LogP contribution is -2.14. The Hall–Kier alpha value is -2.24. The molecule has 0 radical (unpaired) electrons. The smallest absolute Gasteiger partial charge is 0.337 e. The first-order valence-corrected chi connectivity index (χ1v) is 6.79. The molecule has 1 amide bonds. The second-order valence-electron chi connectivity index (χ2n) is 5.22. The van der Waals surface area contributed by atoms with Gasteiger partial charge in [0, 0.05) is 6.92 Å². The Kier molecular flexibility index (Phi) is 4.35. The van der Waals surface area contributed by atoms with Gasteiger partial charge in [0.15, 0.2) is 11.5 Å². The molecule has 0 unspecified atom stereocenters. The number of hydrogen-bond acceptors (Lipinski definition) is 4. The fourth-order valence-electron chi connectivity index (χ4n) is 2.12. The Morgan fingerprint density at radius 2 is 2.05 bits per heavy atom. The second kappa shape index (κ2) is 6.03. The molecule has 0 bridgehead atoms. The maximum absolute atomic E-state index is 11.4. The molecule has 6 heteroatoms. The largest absolute Gasteiger partial charge is 0.493 e. The normalized spacial score (nSPS) is 13.7. The minimum absolute atomic E-state index is 0.00528. The fraction of sp³-hybridized carbons (Fsp3) is 0.467. The number of aryl methyl sites for hydroxylation is 1. The van der Waals surface area contributed by atoms with E-state index in [0.717, 1.165) is 12.8 Å². The highest BCUT2D eigenvalue weighted by molar-refractivity contribution is 6.03. The number of carbonyl (C=O) groups excluding carboxylic acids is 1. The van der Waals surface area contributed by atoms with Crippen LogP contribution in [0.4, 0.5) is 5.69 Å². The average molecular weight is 293 g/mol. The number of ether oxygens (including phenoxy) is 2. The Bertz CT molecular complexity index is 578. The van der Waals surface area contributed by atoms with E-state index in [2.05, 4.69) is 5.32 Å². The Labute approximate surface area is 123 Å². The average Bonchev–Trinajstić information content (AvgIpc) is 3.21. The summed E-state index contributed by atoms with van der Waals surface area (Å²) < 4.78 is 11.1. The number of methoxy groups -OCH3 is 1. The summed E-state index contributed by atoms with van der Waals surface area (Å²) in [5.41, 5.74) is 0.794. The van der Waals surface area contributed by atoms with Gasteiger partial charge < -0.3 is 19.9 Å². The minimum Gasteiger partial charge on any atom is -0.493 e. The van der Waals surface area contributed by atoms with Crippen molar-refractivity contribution in [1.82, 2.24) is 0 Å². The van der Waals surface area contributed by atoms with E-state index in [1.165, 1.54) is 20.1 Å². The summed E-state index contributed by atoms with van der Waals surface area (Å²) in [5, 5.41) is 11.9.